The number of anilines is 2. The number of aliphatic carboxylic acids is 2. The number of rotatable bonds is 9. The van der Waals surface area contributed by atoms with E-state index < -0.39 is 42.0 Å². The van der Waals surface area contributed by atoms with E-state index in [2.05, 4.69) is 25.3 Å². The zero-order valence-corrected chi connectivity index (χ0v) is 16.8. The van der Waals surface area contributed by atoms with Crippen molar-refractivity contribution in [1.29, 1.82) is 0 Å². The van der Waals surface area contributed by atoms with Crippen LogP contribution in [0.15, 0.2) is 35.3 Å². The molecule has 0 unspecified atom stereocenters. The first-order valence-electron chi connectivity index (χ1n) is 9.39. The highest BCUT2D eigenvalue weighted by Gasteiger charge is 2.40. The van der Waals surface area contributed by atoms with E-state index in [9.17, 15) is 23.6 Å². The summed E-state index contributed by atoms with van der Waals surface area (Å²) in [5.74, 6) is -7.72. The Balaban J connectivity index is 1.65. The number of nitrogens with zero attached hydrogens (tertiary/aromatic N) is 3. The fourth-order valence-corrected chi connectivity index (χ4v) is 2.74. The number of nitrogen functional groups attached to an aromatic ring is 1. The van der Waals surface area contributed by atoms with Gasteiger partial charge in [0.1, 0.15) is 0 Å². The standard InChI is InChI=1S/C19H18FN7O6/c20-19(17(32)33,6-5-12(28)29)27-15(30)9-1-3-10(4-2-9)22-7-11-8-23-14-13(24-11)16(31)26-18(21)25-14/h1-4,8,22H,5-7H2,(H,27,30)(H,28,29)(H,32,33)(H3,21,23,25,26,31)/t19-/m0/s1/i20-1. The predicted octanol–water partition coefficient (Wildman–Crippen LogP) is 0.252. The van der Waals surface area contributed by atoms with Gasteiger partial charge in [-0.2, -0.15) is 4.98 Å². The average Bonchev–Trinajstić information content (AvgIpc) is 2.76. The Morgan fingerprint density at radius 2 is 1.85 bits per heavy atom. The summed E-state index contributed by atoms with van der Waals surface area (Å²) in [5, 5.41) is 22.4. The molecule has 3 rings (SSSR count). The lowest BCUT2D eigenvalue weighted by atomic mass is 10.1. The van der Waals surface area contributed by atoms with Crippen LogP contribution in [-0.2, 0) is 16.1 Å². The predicted molar refractivity (Wildman–Crippen MR) is 112 cm³/mol. The molecule has 14 heteroatoms. The van der Waals surface area contributed by atoms with Crippen LogP contribution in [0, 0.1) is 0 Å². The fourth-order valence-electron chi connectivity index (χ4n) is 2.74. The summed E-state index contributed by atoms with van der Waals surface area (Å²) in [7, 11) is 0. The zero-order valence-electron chi connectivity index (χ0n) is 16.8. The van der Waals surface area contributed by atoms with Crippen molar-refractivity contribution in [3.05, 3.63) is 52.1 Å². The molecule has 33 heavy (non-hydrogen) atoms. The fraction of sp³-hybridized carbons (Fsp3) is 0.211. The number of aromatic amines is 1. The summed E-state index contributed by atoms with van der Waals surface area (Å²) < 4.78 is 14.5. The lowest BCUT2D eigenvalue weighted by molar-refractivity contribution is -0.154. The van der Waals surface area contributed by atoms with Gasteiger partial charge in [-0.3, -0.25) is 19.4 Å². The number of aromatic nitrogens is 4. The maximum absolute atomic E-state index is 14.5. The van der Waals surface area contributed by atoms with Crippen LogP contribution < -0.4 is 21.9 Å². The van der Waals surface area contributed by atoms with Crippen LogP contribution in [0.2, 0.25) is 0 Å². The summed E-state index contributed by atoms with van der Waals surface area (Å²) >= 11 is 0. The highest BCUT2D eigenvalue weighted by atomic mass is 18.2. The normalized spacial score (nSPS) is 12.6. The van der Waals surface area contributed by atoms with Gasteiger partial charge in [0.15, 0.2) is 11.2 Å². The second kappa shape index (κ2) is 9.25. The quantitative estimate of drug-likeness (QED) is 0.239. The SMILES string of the molecule is Nc1nc2ncc(CNc3ccc(C(=O)N[C@@]([18F])(CCC(=O)O)C(=O)O)cc3)nc2c(=O)[nH]1. The molecule has 0 aliphatic rings. The van der Waals surface area contributed by atoms with Crippen molar-refractivity contribution < 1.29 is 29.0 Å². The van der Waals surface area contributed by atoms with Gasteiger partial charge in [0.25, 0.3) is 17.3 Å². The molecule has 1 amide bonds. The van der Waals surface area contributed by atoms with Crippen LogP contribution in [0.4, 0.5) is 16.0 Å². The Morgan fingerprint density at radius 1 is 1.15 bits per heavy atom. The molecule has 13 nitrogen and oxygen atoms in total. The van der Waals surface area contributed by atoms with Crippen molar-refractivity contribution in [2.75, 3.05) is 11.1 Å². The number of carboxylic acids is 2. The number of nitrogens with one attached hydrogen (secondary N) is 3. The van der Waals surface area contributed by atoms with E-state index in [0.29, 0.717) is 11.4 Å². The van der Waals surface area contributed by atoms with E-state index >= 15 is 0 Å². The summed E-state index contributed by atoms with van der Waals surface area (Å²) in [6.45, 7) is 0.167. The van der Waals surface area contributed by atoms with Gasteiger partial charge in [-0.1, -0.05) is 0 Å². The van der Waals surface area contributed by atoms with E-state index in [0.717, 1.165) is 0 Å². The van der Waals surface area contributed by atoms with Crippen molar-refractivity contribution in [2.45, 2.75) is 25.2 Å². The molecule has 0 saturated carbocycles. The summed E-state index contributed by atoms with van der Waals surface area (Å²) in [6.07, 6.45) is -0.299. The maximum Gasteiger partial charge on any atom is 0.362 e. The van der Waals surface area contributed by atoms with Gasteiger partial charge < -0.3 is 26.6 Å². The average molecular weight is 458 g/mol. The first-order valence-corrected chi connectivity index (χ1v) is 9.39. The van der Waals surface area contributed by atoms with Crippen molar-refractivity contribution in [3.63, 3.8) is 0 Å². The Hall–Kier alpha value is -4.62. The second-order valence-corrected chi connectivity index (χ2v) is 6.87. The van der Waals surface area contributed by atoms with E-state index in [1.165, 1.54) is 30.5 Å². The summed E-state index contributed by atoms with van der Waals surface area (Å²) in [6, 6.07) is 5.61. The van der Waals surface area contributed by atoms with Crippen molar-refractivity contribution in [1.82, 2.24) is 25.3 Å². The Bertz CT molecular complexity index is 1280. The minimum Gasteiger partial charge on any atom is -0.481 e. The number of carbonyl (C=O) groups excluding carboxylic acids is 1. The molecule has 2 aromatic heterocycles. The lowest BCUT2D eigenvalue weighted by Gasteiger charge is -2.21. The molecule has 1 atom stereocenters. The minimum absolute atomic E-state index is 0.0200. The van der Waals surface area contributed by atoms with E-state index in [1.807, 2.05) is 0 Å². The second-order valence-electron chi connectivity index (χ2n) is 6.87. The number of amides is 1. The number of halogens is 1. The van der Waals surface area contributed by atoms with E-state index in [1.54, 1.807) is 5.32 Å². The van der Waals surface area contributed by atoms with Gasteiger partial charge >= 0.3 is 11.9 Å². The molecule has 0 radical (unpaired) electrons. The molecular weight excluding hydrogens is 440 g/mol. The molecular formula is C19H18FN7O6. The largest absolute Gasteiger partial charge is 0.481 e. The first kappa shape index (κ1) is 23.1. The molecule has 0 aliphatic heterocycles. The Morgan fingerprint density at radius 3 is 2.48 bits per heavy atom. The molecule has 172 valence electrons. The Labute approximate surface area is 183 Å². The third kappa shape index (κ3) is 5.55. The molecule has 0 fully saturated rings. The zero-order chi connectivity index (χ0) is 24.2. The lowest BCUT2D eigenvalue weighted by Crippen LogP contribution is -2.51. The molecule has 7 N–H and O–H groups in total. The Kier molecular flexibility index (Phi) is 6.46. The van der Waals surface area contributed by atoms with Gasteiger partial charge in [0, 0.05) is 17.7 Å². The maximum atomic E-state index is 14.5. The number of nitrogens with two attached hydrogens (primary N) is 1. The van der Waals surface area contributed by atoms with Gasteiger partial charge in [-0.15, -0.1) is 0 Å². The van der Waals surface area contributed by atoms with Crippen LogP contribution in [0.5, 0.6) is 0 Å². The molecule has 0 aliphatic carbocycles. The molecule has 0 bridgehead atoms. The number of hydrogen-bond acceptors (Lipinski definition) is 9. The van der Waals surface area contributed by atoms with Crippen LogP contribution >= 0.6 is 0 Å². The number of fused-ring (bicyclic) bond motifs is 1. The number of alkyl halides is 1. The van der Waals surface area contributed by atoms with Crippen molar-refractivity contribution in [2.24, 2.45) is 0 Å². The number of benzene rings is 1. The van der Waals surface area contributed by atoms with Gasteiger partial charge in [-0.25, -0.2) is 19.2 Å². The van der Waals surface area contributed by atoms with Crippen molar-refractivity contribution in [3.8, 4) is 0 Å². The number of carboxylic acid groups (broad SMARTS) is 2. The number of carbonyl (C=O) groups is 3. The molecule has 1 aromatic carbocycles. The first-order chi connectivity index (χ1) is 15.6. The van der Waals surface area contributed by atoms with Gasteiger partial charge in [0.05, 0.1) is 24.9 Å². The third-order valence-electron chi connectivity index (χ3n) is 4.44. The van der Waals surface area contributed by atoms with Crippen LogP contribution in [-0.4, -0.2) is 53.8 Å². The van der Waals surface area contributed by atoms with Crippen LogP contribution in [0.3, 0.4) is 0 Å². The number of hydrogen-bond donors (Lipinski definition) is 6. The highest BCUT2D eigenvalue weighted by molar-refractivity contribution is 5.97. The smallest absolute Gasteiger partial charge is 0.362 e. The molecule has 3 aromatic rings. The van der Waals surface area contributed by atoms with Crippen LogP contribution in [0.1, 0.15) is 28.9 Å². The highest BCUT2D eigenvalue weighted by Crippen LogP contribution is 2.18. The van der Waals surface area contributed by atoms with Crippen LogP contribution in [0.25, 0.3) is 11.2 Å². The van der Waals surface area contributed by atoms with Crippen molar-refractivity contribution >= 4 is 40.6 Å². The minimum atomic E-state index is -3.22. The van der Waals surface area contributed by atoms with Gasteiger partial charge in [-0.05, 0) is 24.3 Å². The summed E-state index contributed by atoms with van der Waals surface area (Å²) in [5.41, 5.74) is 5.96. The molecule has 0 spiro atoms. The monoisotopic (exact) mass is 458 g/mol. The van der Waals surface area contributed by atoms with Gasteiger partial charge in [0.2, 0.25) is 5.95 Å². The van der Waals surface area contributed by atoms with E-state index in [-0.39, 0.29) is 29.2 Å². The number of H-pyrrole nitrogens is 1. The molecule has 0 saturated heterocycles. The topological polar surface area (TPSA) is 213 Å². The molecule has 2 heterocycles. The third-order valence-corrected chi connectivity index (χ3v) is 4.44. The summed E-state index contributed by atoms with van der Waals surface area (Å²) in [4.78, 5) is 60.3. The van der Waals surface area contributed by atoms with E-state index in [4.69, 9.17) is 15.9 Å².